The molecule has 0 aliphatic rings. The molecule has 0 unspecified atom stereocenters. The molecule has 102 valence electrons. The number of nitrogens with zero attached hydrogens (tertiary/aromatic N) is 4. The van der Waals surface area contributed by atoms with Crippen LogP contribution < -0.4 is 10.6 Å². The Morgan fingerprint density at radius 2 is 1.90 bits per heavy atom. The van der Waals surface area contributed by atoms with E-state index in [1.165, 1.54) is 0 Å². The Balaban J connectivity index is 2.07. The standard InChI is InChI=1S/C13H13ClN6/c1-15-13-18-11(10-7-16-20(2)12(10)19-13)17-9-5-3-8(14)4-6-9/h3-7H,1-2H3,(H2,15,17,18,19). The van der Waals surface area contributed by atoms with E-state index in [9.17, 15) is 0 Å². The van der Waals surface area contributed by atoms with Crippen molar-refractivity contribution in [2.75, 3.05) is 17.7 Å². The second-order valence-corrected chi connectivity index (χ2v) is 4.72. The van der Waals surface area contributed by atoms with Gasteiger partial charge >= 0.3 is 0 Å². The van der Waals surface area contributed by atoms with Crippen LogP contribution in [0, 0.1) is 0 Å². The Kier molecular flexibility index (Phi) is 3.15. The van der Waals surface area contributed by atoms with Gasteiger partial charge in [0.1, 0.15) is 5.82 Å². The molecule has 0 radical (unpaired) electrons. The highest BCUT2D eigenvalue weighted by Gasteiger charge is 2.11. The highest BCUT2D eigenvalue weighted by Crippen LogP contribution is 2.25. The molecule has 6 nitrogen and oxygen atoms in total. The first-order valence-electron chi connectivity index (χ1n) is 6.07. The number of anilines is 3. The molecule has 20 heavy (non-hydrogen) atoms. The normalized spacial score (nSPS) is 10.8. The lowest BCUT2D eigenvalue weighted by Gasteiger charge is -2.08. The zero-order valence-corrected chi connectivity index (χ0v) is 11.8. The van der Waals surface area contributed by atoms with Gasteiger partial charge in [-0.15, -0.1) is 0 Å². The summed E-state index contributed by atoms with van der Waals surface area (Å²) in [6, 6.07) is 7.44. The minimum Gasteiger partial charge on any atom is -0.357 e. The van der Waals surface area contributed by atoms with Crippen LogP contribution in [0.4, 0.5) is 17.5 Å². The molecule has 0 atom stereocenters. The number of fused-ring (bicyclic) bond motifs is 1. The monoisotopic (exact) mass is 288 g/mol. The maximum atomic E-state index is 5.88. The van der Waals surface area contributed by atoms with Crippen LogP contribution in [0.2, 0.25) is 5.02 Å². The van der Waals surface area contributed by atoms with Crippen molar-refractivity contribution in [2.45, 2.75) is 0 Å². The summed E-state index contributed by atoms with van der Waals surface area (Å²) in [5, 5.41) is 12.0. The zero-order chi connectivity index (χ0) is 14.1. The first-order valence-corrected chi connectivity index (χ1v) is 6.45. The number of nitrogens with one attached hydrogen (secondary N) is 2. The number of rotatable bonds is 3. The second kappa shape index (κ2) is 4.97. The van der Waals surface area contributed by atoms with Crippen LogP contribution in [-0.4, -0.2) is 26.8 Å². The van der Waals surface area contributed by atoms with Gasteiger partial charge in [0.05, 0.1) is 11.6 Å². The average molecular weight is 289 g/mol. The summed E-state index contributed by atoms with van der Waals surface area (Å²) >= 11 is 5.88. The number of halogens is 1. The summed E-state index contributed by atoms with van der Waals surface area (Å²) in [6.07, 6.45) is 1.74. The molecule has 0 amide bonds. The Hall–Kier alpha value is -2.34. The quantitative estimate of drug-likeness (QED) is 0.776. The maximum Gasteiger partial charge on any atom is 0.226 e. The lowest BCUT2D eigenvalue weighted by Crippen LogP contribution is -2.03. The van der Waals surface area contributed by atoms with E-state index in [0.717, 1.165) is 16.7 Å². The van der Waals surface area contributed by atoms with Gasteiger partial charge in [0.25, 0.3) is 0 Å². The molecule has 0 fully saturated rings. The van der Waals surface area contributed by atoms with Gasteiger partial charge in [-0.05, 0) is 24.3 Å². The summed E-state index contributed by atoms with van der Waals surface area (Å²) in [5.41, 5.74) is 1.67. The van der Waals surface area contributed by atoms with Gasteiger partial charge in [-0.25, -0.2) is 0 Å². The first-order chi connectivity index (χ1) is 9.67. The lowest BCUT2D eigenvalue weighted by molar-refractivity contribution is 0.786. The second-order valence-electron chi connectivity index (χ2n) is 4.28. The van der Waals surface area contributed by atoms with E-state index in [1.807, 2.05) is 31.3 Å². The number of hydrogen-bond donors (Lipinski definition) is 2. The van der Waals surface area contributed by atoms with E-state index in [0.29, 0.717) is 16.8 Å². The largest absolute Gasteiger partial charge is 0.357 e. The van der Waals surface area contributed by atoms with Gasteiger partial charge in [-0.2, -0.15) is 15.1 Å². The predicted molar refractivity (Wildman–Crippen MR) is 80.6 cm³/mol. The molecule has 0 aliphatic heterocycles. The van der Waals surface area contributed by atoms with Gasteiger partial charge < -0.3 is 10.6 Å². The molecule has 0 aliphatic carbocycles. The van der Waals surface area contributed by atoms with E-state index in [1.54, 1.807) is 17.9 Å². The summed E-state index contributed by atoms with van der Waals surface area (Å²) in [5.74, 6) is 1.24. The third-order valence-corrected chi connectivity index (χ3v) is 3.17. The van der Waals surface area contributed by atoms with E-state index in [2.05, 4.69) is 25.7 Å². The number of hydrogen-bond acceptors (Lipinski definition) is 5. The van der Waals surface area contributed by atoms with E-state index >= 15 is 0 Å². The molecule has 2 heterocycles. The minimum atomic E-state index is 0.539. The molecule has 3 aromatic rings. The molecule has 3 rings (SSSR count). The summed E-state index contributed by atoms with van der Waals surface area (Å²) in [6.45, 7) is 0. The molecule has 7 heteroatoms. The fourth-order valence-corrected chi connectivity index (χ4v) is 2.03. The molecular formula is C13H13ClN6. The van der Waals surface area contributed by atoms with Gasteiger partial charge in [0.15, 0.2) is 5.65 Å². The molecule has 0 saturated carbocycles. The summed E-state index contributed by atoms with van der Waals surface area (Å²) in [7, 11) is 3.63. The Bertz CT molecular complexity index is 749. The molecule has 0 spiro atoms. The highest BCUT2D eigenvalue weighted by molar-refractivity contribution is 6.30. The van der Waals surface area contributed by atoms with Gasteiger partial charge in [0, 0.05) is 24.8 Å². The molecule has 2 N–H and O–H groups in total. The van der Waals surface area contributed by atoms with E-state index in [-0.39, 0.29) is 0 Å². The van der Waals surface area contributed by atoms with Crippen molar-refractivity contribution >= 4 is 40.1 Å². The smallest absolute Gasteiger partial charge is 0.226 e. The van der Waals surface area contributed by atoms with Gasteiger partial charge in [-0.1, -0.05) is 11.6 Å². The van der Waals surface area contributed by atoms with Crippen LogP contribution in [0.3, 0.4) is 0 Å². The number of aryl methyl sites for hydroxylation is 1. The third-order valence-electron chi connectivity index (χ3n) is 2.92. The van der Waals surface area contributed by atoms with Crippen molar-refractivity contribution < 1.29 is 0 Å². The van der Waals surface area contributed by atoms with Crippen molar-refractivity contribution in [1.82, 2.24) is 19.7 Å². The van der Waals surface area contributed by atoms with Crippen LogP contribution in [0.5, 0.6) is 0 Å². The first kappa shape index (κ1) is 12.7. The third kappa shape index (κ3) is 2.25. The molecule has 2 aromatic heterocycles. The summed E-state index contributed by atoms with van der Waals surface area (Å²) in [4.78, 5) is 8.82. The van der Waals surface area contributed by atoms with Crippen molar-refractivity contribution in [1.29, 1.82) is 0 Å². The van der Waals surface area contributed by atoms with Crippen LogP contribution in [-0.2, 0) is 7.05 Å². The molecule has 0 bridgehead atoms. The van der Waals surface area contributed by atoms with E-state index in [4.69, 9.17) is 11.6 Å². The Labute approximate surface area is 120 Å². The summed E-state index contributed by atoms with van der Waals surface area (Å²) < 4.78 is 1.71. The lowest BCUT2D eigenvalue weighted by atomic mass is 10.3. The molecule has 0 saturated heterocycles. The Morgan fingerprint density at radius 1 is 1.15 bits per heavy atom. The van der Waals surface area contributed by atoms with Crippen LogP contribution in [0.25, 0.3) is 11.0 Å². The van der Waals surface area contributed by atoms with Crippen LogP contribution >= 0.6 is 11.6 Å². The minimum absolute atomic E-state index is 0.539. The number of aromatic nitrogens is 4. The number of benzene rings is 1. The van der Waals surface area contributed by atoms with Gasteiger partial charge in [-0.3, -0.25) is 4.68 Å². The van der Waals surface area contributed by atoms with Crippen molar-refractivity contribution in [3.63, 3.8) is 0 Å². The van der Waals surface area contributed by atoms with Crippen LogP contribution in [0.15, 0.2) is 30.5 Å². The molecular weight excluding hydrogens is 276 g/mol. The fourth-order valence-electron chi connectivity index (χ4n) is 1.90. The topological polar surface area (TPSA) is 67.7 Å². The van der Waals surface area contributed by atoms with Gasteiger partial charge in [0.2, 0.25) is 5.95 Å². The highest BCUT2D eigenvalue weighted by atomic mass is 35.5. The average Bonchev–Trinajstić information content (AvgIpc) is 2.83. The zero-order valence-electron chi connectivity index (χ0n) is 11.1. The maximum absolute atomic E-state index is 5.88. The van der Waals surface area contributed by atoms with E-state index < -0.39 is 0 Å². The SMILES string of the molecule is CNc1nc(Nc2ccc(Cl)cc2)c2cnn(C)c2n1. The van der Waals surface area contributed by atoms with Crippen LogP contribution in [0.1, 0.15) is 0 Å². The van der Waals surface area contributed by atoms with Crippen molar-refractivity contribution in [2.24, 2.45) is 7.05 Å². The van der Waals surface area contributed by atoms with Crippen molar-refractivity contribution in [3.05, 3.63) is 35.5 Å². The Morgan fingerprint density at radius 3 is 2.60 bits per heavy atom. The predicted octanol–water partition coefficient (Wildman–Crippen LogP) is 2.80. The van der Waals surface area contributed by atoms with Crippen molar-refractivity contribution in [3.8, 4) is 0 Å². The molecule has 1 aromatic carbocycles. The fraction of sp³-hybridized carbons (Fsp3) is 0.154.